The summed E-state index contributed by atoms with van der Waals surface area (Å²) in [5.74, 6) is -0.332. The molecule has 2 fully saturated rings. The Morgan fingerprint density at radius 2 is 1.86 bits per heavy atom. The number of carbonyl (C=O) groups excluding carboxylic acids is 2. The highest BCUT2D eigenvalue weighted by atomic mass is 35.5. The molecular weight excluding hydrogens is 529 g/mol. The van der Waals surface area contributed by atoms with Crippen molar-refractivity contribution in [2.75, 3.05) is 39.4 Å². The maximum atomic E-state index is 13.5. The minimum Gasteiger partial charge on any atom is -0.379 e. The summed E-state index contributed by atoms with van der Waals surface area (Å²) in [6, 6.07) is 8.95. The molecule has 7 nitrogen and oxygen atoms in total. The van der Waals surface area contributed by atoms with Crippen molar-refractivity contribution in [2.45, 2.75) is 12.7 Å². The zero-order valence-electron chi connectivity index (χ0n) is 19.5. The minimum absolute atomic E-state index is 0.0107. The fourth-order valence-electron chi connectivity index (χ4n) is 4.34. The quantitative estimate of drug-likeness (QED) is 0.397. The number of hydrogen-bond donors (Lipinski definition) is 0. The van der Waals surface area contributed by atoms with E-state index in [1.807, 2.05) is 0 Å². The Balaban J connectivity index is 1.32. The van der Waals surface area contributed by atoms with E-state index in [2.05, 4.69) is 10.00 Å². The molecule has 5 rings (SSSR count). The molecule has 0 atom stereocenters. The molecule has 2 aliphatic rings. The van der Waals surface area contributed by atoms with Crippen molar-refractivity contribution in [3.8, 4) is 0 Å². The predicted octanol–water partition coefficient (Wildman–Crippen LogP) is 5.13. The van der Waals surface area contributed by atoms with Gasteiger partial charge in [-0.1, -0.05) is 23.7 Å². The predicted molar refractivity (Wildman–Crippen MR) is 135 cm³/mol. The molecule has 0 spiro atoms. The van der Waals surface area contributed by atoms with Gasteiger partial charge in [-0.3, -0.25) is 24.1 Å². The molecule has 194 valence electrons. The van der Waals surface area contributed by atoms with E-state index in [1.54, 1.807) is 30.5 Å². The third-order valence-corrected chi connectivity index (χ3v) is 7.42. The minimum atomic E-state index is -4.54. The van der Waals surface area contributed by atoms with E-state index in [0.717, 1.165) is 30.9 Å². The Labute approximate surface area is 219 Å². The van der Waals surface area contributed by atoms with Gasteiger partial charge in [0, 0.05) is 36.6 Å². The Hall–Kier alpha value is -2.86. The highest BCUT2D eigenvalue weighted by Gasteiger charge is 2.35. The fourth-order valence-corrected chi connectivity index (χ4v) is 5.38. The Morgan fingerprint density at radius 1 is 1.08 bits per heavy atom. The van der Waals surface area contributed by atoms with E-state index < -0.39 is 11.7 Å². The van der Waals surface area contributed by atoms with E-state index in [0.29, 0.717) is 47.7 Å². The van der Waals surface area contributed by atoms with Gasteiger partial charge in [0.15, 0.2) is 0 Å². The van der Waals surface area contributed by atoms with Gasteiger partial charge < -0.3 is 4.74 Å². The van der Waals surface area contributed by atoms with Gasteiger partial charge >= 0.3 is 6.18 Å². The van der Waals surface area contributed by atoms with Crippen LogP contribution >= 0.6 is 23.4 Å². The van der Waals surface area contributed by atoms with Gasteiger partial charge in [-0.25, -0.2) is 0 Å². The Bertz CT molecular complexity index is 1390. The summed E-state index contributed by atoms with van der Waals surface area (Å²) in [4.78, 5) is 29.0. The van der Waals surface area contributed by atoms with Crippen LogP contribution in [-0.4, -0.2) is 70.1 Å². The number of imide groups is 1. The van der Waals surface area contributed by atoms with Crippen molar-refractivity contribution in [1.29, 1.82) is 0 Å². The normalized spacial score (nSPS) is 18.5. The summed E-state index contributed by atoms with van der Waals surface area (Å²) in [6.45, 7) is 3.66. The number of nitrogens with zero attached hydrogens (tertiary/aromatic N) is 4. The number of amides is 2. The van der Waals surface area contributed by atoms with E-state index in [-0.39, 0.29) is 28.3 Å². The van der Waals surface area contributed by atoms with Gasteiger partial charge in [-0.05, 0) is 53.2 Å². The number of hydrogen-bond acceptors (Lipinski definition) is 6. The van der Waals surface area contributed by atoms with Crippen molar-refractivity contribution in [1.82, 2.24) is 19.6 Å². The molecule has 2 saturated heterocycles. The second-order valence-corrected chi connectivity index (χ2v) is 10.1. The van der Waals surface area contributed by atoms with Gasteiger partial charge in [0.25, 0.3) is 11.1 Å². The van der Waals surface area contributed by atoms with Crippen molar-refractivity contribution < 1.29 is 27.5 Å². The molecule has 1 aromatic heterocycles. The molecule has 0 radical (unpaired) electrons. The molecule has 0 N–H and O–H groups in total. The molecule has 0 bridgehead atoms. The second kappa shape index (κ2) is 10.5. The topological polar surface area (TPSA) is 67.7 Å². The van der Waals surface area contributed by atoms with Crippen LogP contribution in [0.5, 0.6) is 0 Å². The van der Waals surface area contributed by atoms with Crippen molar-refractivity contribution >= 4 is 51.5 Å². The van der Waals surface area contributed by atoms with Crippen LogP contribution in [0.2, 0.25) is 5.02 Å². The van der Waals surface area contributed by atoms with Crippen LogP contribution < -0.4 is 0 Å². The number of benzene rings is 2. The fraction of sp³-hybridized carbons (Fsp3) is 0.320. The molecule has 12 heteroatoms. The number of aromatic nitrogens is 2. The SMILES string of the molecule is O=C1S/C(=C\c2ccc3c(cnn3Cc3ccc(Cl)cc3C(F)(F)F)c2)C(=O)N1CCN1CCOCC1. The molecule has 0 aliphatic carbocycles. The van der Waals surface area contributed by atoms with Gasteiger partial charge in [0.1, 0.15) is 0 Å². The first-order valence-corrected chi connectivity index (χ1v) is 12.8. The van der Waals surface area contributed by atoms with Crippen LogP contribution in [0.1, 0.15) is 16.7 Å². The Morgan fingerprint density at radius 3 is 2.62 bits per heavy atom. The summed E-state index contributed by atoms with van der Waals surface area (Å²) in [5, 5.41) is 4.67. The monoisotopic (exact) mass is 550 g/mol. The largest absolute Gasteiger partial charge is 0.416 e. The number of ether oxygens (including phenoxy) is 1. The van der Waals surface area contributed by atoms with Gasteiger partial charge in [0.2, 0.25) is 0 Å². The maximum absolute atomic E-state index is 13.5. The molecule has 2 aromatic carbocycles. The van der Waals surface area contributed by atoms with Crippen molar-refractivity contribution in [2.24, 2.45) is 0 Å². The summed E-state index contributed by atoms with van der Waals surface area (Å²) in [5.41, 5.74) is 0.577. The number of rotatable bonds is 6. The van der Waals surface area contributed by atoms with E-state index in [4.69, 9.17) is 16.3 Å². The zero-order chi connectivity index (χ0) is 26.2. The third-order valence-electron chi connectivity index (χ3n) is 6.28. The molecule has 0 saturated carbocycles. The van der Waals surface area contributed by atoms with Crippen LogP contribution in [0.15, 0.2) is 47.5 Å². The number of morpholine rings is 1. The lowest BCUT2D eigenvalue weighted by Gasteiger charge is -2.27. The Kier molecular flexibility index (Phi) is 7.30. The second-order valence-electron chi connectivity index (χ2n) is 8.71. The average Bonchev–Trinajstić information content (AvgIpc) is 3.38. The van der Waals surface area contributed by atoms with Crippen LogP contribution in [0.3, 0.4) is 0 Å². The van der Waals surface area contributed by atoms with Crippen LogP contribution in [0.4, 0.5) is 18.0 Å². The number of alkyl halides is 3. The summed E-state index contributed by atoms with van der Waals surface area (Å²) in [7, 11) is 0. The van der Waals surface area contributed by atoms with E-state index >= 15 is 0 Å². The van der Waals surface area contributed by atoms with Crippen molar-refractivity contribution in [3.63, 3.8) is 0 Å². The number of halogens is 4. The van der Waals surface area contributed by atoms with E-state index in [9.17, 15) is 22.8 Å². The van der Waals surface area contributed by atoms with Crippen LogP contribution in [0, 0.1) is 0 Å². The van der Waals surface area contributed by atoms with Gasteiger partial charge in [-0.15, -0.1) is 0 Å². The van der Waals surface area contributed by atoms with E-state index in [1.165, 1.54) is 21.7 Å². The summed E-state index contributed by atoms with van der Waals surface area (Å²) < 4.78 is 47.3. The zero-order valence-corrected chi connectivity index (χ0v) is 21.1. The summed E-state index contributed by atoms with van der Waals surface area (Å²) >= 11 is 6.68. The molecular formula is C25H22ClF3N4O3S. The smallest absolute Gasteiger partial charge is 0.379 e. The maximum Gasteiger partial charge on any atom is 0.416 e. The van der Waals surface area contributed by atoms with Crippen molar-refractivity contribution in [3.05, 3.63) is 69.2 Å². The number of thioether (sulfide) groups is 1. The molecule has 3 heterocycles. The number of carbonyl (C=O) groups is 2. The first-order chi connectivity index (χ1) is 17.7. The molecule has 0 unspecified atom stereocenters. The standard InChI is InChI=1S/C25H22ClF3N4O3S/c26-19-3-2-17(20(13-19)25(27,28)29)15-33-21-4-1-16(11-18(21)14-30-33)12-22-23(34)32(24(35)37-22)6-5-31-7-9-36-10-8-31/h1-4,11-14H,5-10,15H2/b22-12-. The lowest BCUT2D eigenvalue weighted by Crippen LogP contribution is -2.42. The van der Waals surface area contributed by atoms with Crippen LogP contribution in [0.25, 0.3) is 17.0 Å². The molecule has 2 aliphatic heterocycles. The van der Waals surface area contributed by atoms with Crippen LogP contribution in [-0.2, 0) is 22.3 Å². The lowest BCUT2D eigenvalue weighted by atomic mass is 10.1. The molecule has 3 aromatic rings. The highest BCUT2D eigenvalue weighted by Crippen LogP contribution is 2.35. The lowest BCUT2D eigenvalue weighted by molar-refractivity contribution is -0.138. The third kappa shape index (κ3) is 5.69. The molecule has 37 heavy (non-hydrogen) atoms. The van der Waals surface area contributed by atoms with Gasteiger partial charge in [0.05, 0.1) is 41.9 Å². The van der Waals surface area contributed by atoms with Gasteiger partial charge in [-0.2, -0.15) is 18.3 Å². The summed E-state index contributed by atoms with van der Waals surface area (Å²) in [6.07, 6.45) is -1.33. The number of fused-ring (bicyclic) bond motifs is 1. The highest BCUT2D eigenvalue weighted by molar-refractivity contribution is 8.18. The molecule has 2 amide bonds. The first kappa shape index (κ1) is 25.8. The first-order valence-electron chi connectivity index (χ1n) is 11.6. The average molecular weight is 551 g/mol.